The molecule has 0 aromatic heterocycles. The van der Waals surface area contributed by atoms with Gasteiger partial charge < -0.3 is 5.11 Å². The molecule has 8 heavy (non-hydrogen) atoms. The van der Waals surface area contributed by atoms with Crippen LogP contribution in [0.3, 0.4) is 0 Å². The molecule has 0 unspecified atom stereocenters. The third kappa shape index (κ3) is 5.92. The van der Waals surface area contributed by atoms with Crippen LogP contribution in [-0.4, -0.2) is 18.3 Å². The minimum atomic E-state index is 0.0332. The average Bonchev–Trinajstić information content (AvgIpc) is 1.81. The topological polar surface area (TPSA) is 40.1 Å². The Hall–Kier alpha value is -0.0800. The summed E-state index contributed by atoms with van der Waals surface area (Å²) in [6.45, 7) is 0.296. The largest absolute Gasteiger partial charge is 0.396 e. The maximum atomic E-state index is 9.83. The Morgan fingerprint density at radius 1 is 1.00 bits per heavy atom. The van der Waals surface area contributed by atoms with Crippen LogP contribution in [0.2, 0.25) is 0 Å². The fourth-order valence-corrected chi connectivity index (χ4v) is 0.567. The summed E-state index contributed by atoms with van der Waals surface area (Å²) in [4.78, 5) is 0. The molecule has 0 aromatic carbocycles. The van der Waals surface area contributed by atoms with E-state index in [0.717, 1.165) is 25.7 Å². The van der Waals surface area contributed by atoms with Crippen LogP contribution in [0.5, 0.6) is 0 Å². The van der Waals surface area contributed by atoms with Gasteiger partial charge in [-0.05, 0) is 12.8 Å². The van der Waals surface area contributed by atoms with Crippen molar-refractivity contribution in [3.05, 3.63) is 0 Å². The van der Waals surface area contributed by atoms with E-state index in [1.807, 2.05) is 0 Å². The Kier molecular flexibility index (Phi) is 6.85. The predicted molar refractivity (Wildman–Crippen MR) is 31.1 cm³/mol. The van der Waals surface area contributed by atoms with Gasteiger partial charge in [-0.2, -0.15) is 0 Å². The lowest BCUT2D eigenvalue weighted by atomic mass is 10.2. The molecule has 0 spiro atoms. The van der Waals surface area contributed by atoms with Gasteiger partial charge in [-0.1, -0.05) is 12.8 Å². The summed E-state index contributed by atoms with van der Waals surface area (Å²) in [5, 5.41) is 18.1. The lowest BCUT2D eigenvalue weighted by molar-refractivity contribution is 0.184. The standard InChI is InChI=1S/C6H13O2/c7-5-3-1-2-4-6-8/h7H,1-6H2. The van der Waals surface area contributed by atoms with Crippen molar-refractivity contribution in [3.63, 3.8) is 0 Å². The van der Waals surface area contributed by atoms with Crippen molar-refractivity contribution in [1.29, 1.82) is 0 Å². The van der Waals surface area contributed by atoms with Crippen molar-refractivity contribution in [2.45, 2.75) is 25.7 Å². The molecule has 0 heterocycles. The van der Waals surface area contributed by atoms with Crippen molar-refractivity contribution >= 4 is 0 Å². The van der Waals surface area contributed by atoms with Crippen LogP contribution >= 0.6 is 0 Å². The highest BCUT2D eigenvalue weighted by Crippen LogP contribution is 1.96. The van der Waals surface area contributed by atoms with Gasteiger partial charge in [-0.3, -0.25) is 0 Å². The molecule has 1 radical (unpaired) electrons. The molecule has 49 valence electrons. The van der Waals surface area contributed by atoms with E-state index in [1.54, 1.807) is 0 Å². The molecule has 1 N–H and O–H groups in total. The molecule has 0 aromatic rings. The molecule has 0 aliphatic rings. The summed E-state index contributed by atoms with van der Waals surface area (Å²) in [6, 6.07) is 0. The predicted octanol–water partition coefficient (Wildman–Crippen LogP) is 0.970. The average molecular weight is 117 g/mol. The number of rotatable bonds is 5. The second kappa shape index (κ2) is 6.92. The minimum Gasteiger partial charge on any atom is -0.396 e. The Morgan fingerprint density at radius 3 is 2.12 bits per heavy atom. The number of hydrogen-bond donors (Lipinski definition) is 1. The summed E-state index contributed by atoms with van der Waals surface area (Å²) < 4.78 is 0. The van der Waals surface area contributed by atoms with Gasteiger partial charge in [0.2, 0.25) is 0 Å². The van der Waals surface area contributed by atoms with Crippen LogP contribution in [0.1, 0.15) is 25.7 Å². The van der Waals surface area contributed by atoms with Crippen molar-refractivity contribution in [2.24, 2.45) is 0 Å². The normalized spacial score (nSPS) is 9.75. The summed E-state index contributed by atoms with van der Waals surface area (Å²) in [6.07, 6.45) is 3.59. The van der Waals surface area contributed by atoms with Gasteiger partial charge in [-0.25, -0.2) is 5.11 Å². The van der Waals surface area contributed by atoms with E-state index in [-0.39, 0.29) is 13.2 Å². The summed E-state index contributed by atoms with van der Waals surface area (Å²) in [5.74, 6) is 0. The first-order valence-corrected chi connectivity index (χ1v) is 3.10. The molecule has 0 aliphatic carbocycles. The second-order valence-electron chi connectivity index (χ2n) is 1.84. The zero-order valence-electron chi connectivity index (χ0n) is 5.10. The maximum absolute atomic E-state index is 9.83. The van der Waals surface area contributed by atoms with E-state index >= 15 is 0 Å². The van der Waals surface area contributed by atoms with E-state index in [0.29, 0.717) is 0 Å². The number of hydrogen-bond acceptors (Lipinski definition) is 1. The van der Waals surface area contributed by atoms with Gasteiger partial charge >= 0.3 is 0 Å². The van der Waals surface area contributed by atoms with E-state index in [1.165, 1.54) is 0 Å². The quantitative estimate of drug-likeness (QED) is 0.535. The first-order valence-electron chi connectivity index (χ1n) is 3.10. The van der Waals surface area contributed by atoms with Crippen LogP contribution in [0.15, 0.2) is 0 Å². The molecular weight excluding hydrogens is 104 g/mol. The summed E-state index contributed by atoms with van der Waals surface area (Å²) in [5.41, 5.74) is 0. The third-order valence-corrected chi connectivity index (χ3v) is 1.05. The highest BCUT2D eigenvalue weighted by Gasteiger charge is 1.85. The first kappa shape index (κ1) is 7.92. The molecule has 2 heteroatoms. The first-order chi connectivity index (χ1) is 3.91. The van der Waals surface area contributed by atoms with Crippen molar-refractivity contribution in [1.82, 2.24) is 0 Å². The molecule has 0 fully saturated rings. The second-order valence-corrected chi connectivity index (χ2v) is 1.84. The van der Waals surface area contributed by atoms with Gasteiger partial charge in [0, 0.05) is 6.61 Å². The Morgan fingerprint density at radius 2 is 1.62 bits per heavy atom. The van der Waals surface area contributed by atoms with E-state index < -0.39 is 0 Å². The van der Waals surface area contributed by atoms with Crippen LogP contribution in [-0.2, 0) is 5.11 Å². The monoisotopic (exact) mass is 117 g/mol. The molecule has 0 atom stereocenters. The van der Waals surface area contributed by atoms with Gasteiger partial charge in [0.1, 0.15) is 0 Å². The van der Waals surface area contributed by atoms with Gasteiger partial charge in [-0.15, -0.1) is 0 Å². The molecular formula is C6H13O2. The van der Waals surface area contributed by atoms with Crippen LogP contribution in [0.4, 0.5) is 0 Å². The fraction of sp³-hybridized carbons (Fsp3) is 1.00. The van der Waals surface area contributed by atoms with Crippen molar-refractivity contribution < 1.29 is 10.2 Å². The smallest absolute Gasteiger partial charge is 0.0822 e. The number of unbranched alkanes of at least 4 members (excludes halogenated alkanes) is 3. The summed E-state index contributed by atoms with van der Waals surface area (Å²) in [7, 11) is 0. The third-order valence-electron chi connectivity index (χ3n) is 1.05. The molecule has 0 aliphatic heterocycles. The Balaban J connectivity index is 2.53. The van der Waals surface area contributed by atoms with Crippen LogP contribution in [0, 0.1) is 0 Å². The molecule has 0 amide bonds. The molecule has 0 rings (SSSR count). The molecule has 2 nitrogen and oxygen atoms in total. The molecule has 0 saturated carbocycles. The van der Waals surface area contributed by atoms with Crippen molar-refractivity contribution in [2.75, 3.05) is 13.2 Å². The Bertz CT molecular complexity index is 31.5. The van der Waals surface area contributed by atoms with E-state index in [9.17, 15) is 5.11 Å². The number of aliphatic hydroxyl groups excluding tert-OH is 1. The fourth-order valence-electron chi connectivity index (χ4n) is 0.567. The molecule has 0 saturated heterocycles. The SMILES string of the molecule is [O]CCCCCCO. The van der Waals surface area contributed by atoms with Gasteiger partial charge in [0.05, 0.1) is 6.61 Å². The van der Waals surface area contributed by atoms with Crippen LogP contribution < -0.4 is 0 Å². The van der Waals surface area contributed by atoms with Crippen molar-refractivity contribution in [3.8, 4) is 0 Å². The lowest BCUT2D eigenvalue weighted by Gasteiger charge is -1.92. The minimum absolute atomic E-state index is 0.0332. The zero-order chi connectivity index (χ0) is 6.24. The molecule has 0 bridgehead atoms. The van der Waals surface area contributed by atoms with Gasteiger partial charge in [0.15, 0.2) is 0 Å². The number of aliphatic hydroxyl groups is 1. The summed E-state index contributed by atoms with van der Waals surface area (Å²) >= 11 is 0. The Labute approximate surface area is 50.2 Å². The maximum Gasteiger partial charge on any atom is 0.0822 e. The highest BCUT2D eigenvalue weighted by molar-refractivity contribution is 4.38. The zero-order valence-corrected chi connectivity index (χ0v) is 5.10. The van der Waals surface area contributed by atoms with Crippen LogP contribution in [0.25, 0.3) is 0 Å². The van der Waals surface area contributed by atoms with E-state index in [2.05, 4.69) is 0 Å². The van der Waals surface area contributed by atoms with Gasteiger partial charge in [0.25, 0.3) is 0 Å². The van der Waals surface area contributed by atoms with E-state index in [4.69, 9.17) is 5.11 Å². The lowest BCUT2D eigenvalue weighted by Crippen LogP contribution is -1.84. The highest BCUT2D eigenvalue weighted by atomic mass is 16.3.